The van der Waals surface area contributed by atoms with Gasteiger partial charge in [-0.05, 0) is 23.6 Å². The molecule has 0 aliphatic heterocycles. The van der Waals surface area contributed by atoms with Crippen LogP contribution in [0.4, 0.5) is 0 Å². The van der Waals surface area contributed by atoms with Crippen molar-refractivity contribution in [1.29, 1.82) is 0 Å². The van der Waals surface area contributed by atoms with Crippen molar-refractivity contribution in [3.8, 4) is 0 Å². The SMILES string of the molecule is CC(C)c1ccc2occc(=O)c2c1. The van der Waals surface area contributed by atoms with E-state index in [1.54, 1.807) is 0 Å². The Kier molecular flexibility index (Phi) is 2.12. The van der Waals surface area contributed by atoms with Crippen LogP contribution in [0.2, 0.25) is 0 Å². The largest absolute Gasteiger partial charge is 0.464 e. The summed E-state index contributed by atoms with van der Waals surface area (Å²) in [4.78, 5) is 11.5. The molecule has 0 radical (unpaired) electrons. The predicted octanol–water partition coefficient (Wildman–Crippen LogP) is 2.92. The van der Waals surface area contributed by atoms with E-state index in [-0.39, 0.29) is 5.43 Å². The average Bonchev–Trinajstić information content (AvgIpc) is 2.18. The van der Waals surface area contributed by atoms with E-state index < -0.39 is 0 Å². The van der Waals surface area contributed by atoms with Gasteiger partial charge < -0.3 is 4.42 Å². The van der Waals surface area contributed by atoms with E-state index in [4.69, 9.17) is 4.42 Å². The molecule has 0 saturated heterocycles. The molecular weight excluding hydrogens is 176 g/mol. The van der Waals surface area contributed by atoms with Crippen LogP contribution in [-0.4, -0.2) is 0 Å². The van der Waals surface area contributed by atoms with Crippen molar-refractivity contribution >= 4 is 11.0 Å². The highest BCUT2D eigenvalue weighted by atomic mass is 16.3. The zero-order valence-electron chi connectivity index (χ0n) is 8.28. The Balaban J connectivity index is 2.76. The highest BCUT2D eigenvalue weighted by molar-refractivity contribution is 5.76. The van der Waals surface area contributed by atoms with Crippen LogP contribution in [0, 0.1) is 0 Å². The second-order valence-electron chi connectivity index (χ2n) is 3.70. The summed E-state index contributed by atoms with van der Waals surface area (Å²) < 4.78 is 5.23. The van der Waals surface area contributed by atoms with Gasteiger partial charge in [0.25, 0.3) is 0 Å². The minimum atomic E-state index is 0.0220. The van der Waals surface area contributed by atoms with Gasteiger partial charge in [0, 0.05) is 6.07 Å². The Labute approximate surface area is 82.2 Å². The molecule has 0 spiro atoms. The van der Waals surface area contributed by atoms with E-state index in [9.17, 15) is 4.79 Å². The number of fused-ring (bicyclic) bond motifs is 1. The third kappa shape index (κ3) is 1.43. The summed E-state index contributed by atoms with van der Waals surface area (Å²) in [6.07, 6.45) is 1.43. The zero-order valence-corrected chi connectivity index (χ0v) is 8.28. The van der Waals surface area contributed by atoms with E-state index in [0.29, 0.717) is 16.9 Å². The molecule has 0 fully saturated rings. The first-order chi connectivity index (χ1) is 6.68. The maximum atomic E-state index is 11.5. The Morgan fingerprint density at radius 1 is 1.21 bits per heavy atom. The second-order valence-corrected chi connectivity index (χ2v) is 3.70. The van der Waals surface area contributed by atoms with Crippen LogP contribution in [0.25, 0.3) is 11.0 Å². The molecule has 0 bridgehead atoms. The van der Waals surface area contributed by atoms with Gasteiger partial charge in [0.1, 0.15) is 5.58 Å². The summed E-state index contributed by atoms with van der Waals surface area (Å²) in [5.74, 6) is 0.430. The molecule has 0 saturated carbocycles. The first-order valence-corrected chi connectivity index (χ1v) is 4.70. The van der Waals surface area contributed by atoms with Gasteiger partial charge in [0.05, 0.1) is 11.6 Å². The van der Waals surface area contributed by atoms with Gasteiger partial charge in [0.2, 0.25) is 0 Å². The van der Waals surface area contributed by atoms with Gasteiger partial charge in [-0.3, -0.25) is 4.79 Å². The zero-order chi connectivity index (χ0) is 10.1. The number of rotatable bonds is 1. The van der Waals surface area contributed by atoms with E-state index in [2.05, 4.69) is 13.8 Å². The molecule has 0 N–H and O–H groups in total. The van der Waals surface area contributed by atoms with Crippen LogP contribution in [-0.2, 0) is 0 Å². The van der Waals surface area contributed by atoms with Crippen molar-refractivity contribution in [2.75, 3.05) is 0 Å². The van der Waals surface area contributed by atoms with Crippen molar-refractivity contribution in [3.63, 3.8) is 0 Å². The van der Waals surface area contributed by atoms with Crippen LogP contribution in [0.1, 0.15) is 25.3 Å². The summed E-state index contributed by atoms with van der Waals surface area (Å²) >= 11 is 0. The van der Waals surface area contributed by atoms with Crippen molar-refractivity contribution in [3.05, 3.63) is 46.3 Å². The molecule has 0 aliphatic rings. The van der Waals surface area contributed by atoms with Gasteiger partial charge in [-0.15, -0.1) is 0 Å². The molecule has 0 aliphatic carbocycles. The predicted molar refractivity (Wildman–Crippen MR) is 56.6 cm³/mol. The summed E-state index contributed by atoms with van der Waals surface area (Å²) in [6.45, 7) is 4.21. The topological polar surface area (TPSA) is 30.2 Å². The lowest BCUT2D eigenvalue weighted by Gasteiger charge is -2.05. The molecule has 0 amide bonds. The molecule has 2 nitrogen and oxygen atoms in total. The molecule has 1 heterocycles. The highest BCUT2D eigenvalue weighted by Crippen LogP contribution is 2.18. The average molecular weight is 188 g/mol. The standard InChI is InChI=1S/C12H12O2/c1-8(2)9-3-4-12-10(7-9)11(13)5-6-14-12/h3-8H,1-2H3. The van der Waals surface area contributed by atoms with Crippen molar-refractivity contribution in [1.82, 2.24) is 0 Å². The smallest absolute Gasteiger partial charge is 0.192 e. The van der Waals surface area contributed by atoms with Crippen LogP contribution in [0.15, 0.2) is 39.7 Å². The van der Waals surface area contributed by atoms with E-state index in [0.717, 1.165) is 5.56 Å². The number of benzene rings is 1. The maximum absolute atomic E-state index is 11.5. The van der Waals surface area contributed by atoms with Crippen LogP contribution in [0.5, 0.6) is 0 Å². The summed E-state index contributed by atoms with van der Waals surface area (Å²) in [5.41, 5.74) is 1.84. The minimum absolute atomic E-state index is 0.0220. The fourth-order valence-electron chi connectivity index (χ4n) is 1.46. The van der Waals surface area contributed by atoms with E-state index >= 15 is 0 Å². The normalized spacial score (nSPS) is 11.1. The van der Waals surface area contributed by atoms with E-state index in [1.807, 2.05) is 18.2 Å². The Hall–Kier alpha value is -1.57. The maximum Gasteiger partial charge on any atom is 0.192 e. The molecule has 14 heavy (non-hydrogen) atoms. The highest BCUT2D eigenvalue weighted by Gasteiger charge is 2.03. The van der Waals surface area contributed by atoms with Gasteiger partial charge in [-0.2, -0.15) is 0 Å². The third-order valence-corrected chi connectivity index (χ3v) is 2.35. The van der Waals surface area contributed by atoms with Crippen molar-refractivity contribution in [2.45, 2.75) is 19.8 Å². The molecule has 2 rings (SSSR count). The molecule has 0 atom stereocenters. The van der Waals surface area contributed by atoms with Gasteiger partial charge in [-0.1, -0.05) is 19.9 Å². The first kappa shape index (κ1) is 9.00. The molecule has 2 heteroatoms. The van der Waals surface area contributed by atoms with Crippen LogP contribution < -0.4 is 5.43 Å². The van der Waals surface area contributed by atoms with Crippen LogP contribution in [0.3, 0.4) is 0 Å². The lowest BCUT2D eigenvalue weighted by atomic mass is 10.0. The summed E-state index contributed by atoms with van der Waals surface area (Å²) in [6, 6.07) is 7.21. The number of hydrogen-bond donors (Lipinski definition) is 0. The molecule has 1 aromatic carbocycles. The third-order valence-electron chi connectivity index (χ3n) is 2.35. The quantitative estimate of drug-likeness (QED) is 0.688. The fourth-order valence-corrected chi connectivity index (χ4v) is 1.46. The molecule has 1 aromatic heterocycles. The van der Waals surface area contributed by atoms with E-state index in [1.165, 1.54) is 12.3 Å². The molecule has 0 unspecified atom stereocenters. The first-order valence-electron chi connectivity index (χ1n) is 4.70. The Bertz CT molecular complexity index is 509. The van der Waals surface area contributed by atoms with Crippen molar-refractivity contribution in [2.24, 2.45) is 0 Å². The Morgan fingerprint density at radius 3 is 2.71 bits per heavy atom. The summed E-state index contributed by atoms with van der Waals surface area (Å²) in [7, 11) is 0. The number of hydrogen-bond acceptors (Lipinski definition) is 2. The molecule has 2 aromatic rings. The van der Waals surface area contributed by atoms with Gasteiger partial charge in [-0.25, -0.2) is 0 Å². The lowest BCUT2D eigenvalue weighted by Crippen LogP contribution is -1.99. The van der Waals surface area contributed by atoms with Gasteiger partial charge >= 0.3 is 0 Å². The fraction of sp³-hybridized carbons (Fsp3) is 0.250. The minimum Gasteiger partial charge on any atom is -0.464 e. The lowest BCUT2D eigenvalue weighted by molar-refractivity contribution is 0.602. The molecular formula is C12H12O2. The molecule has 72 valence electrons. The second kappa shape index (κ2) is 3.29. The summed E-state index contributed by atoms with van der Waals surface area (Å²) in [5, 5.41) is 0.665. The Morgan fingerprint density at radius 2 is 2.00 bits per heavy atom. The van der Waals surface area contributed by atoms with Gasteiger partial charge in [0.15, 0.2) is 5.43 Å². The van der Waals surface area contributed by atoms with Crippen LogP contribution >= 0.6 is 0 Å². The van der Waals surface area contributed by atoms with Crippen molar-refractivity contribution < 1.29 is 4.42 Å². The monoisotopic (exact) mass is 188 g/mol.